The van der Waals surface area contributed by atoms with Gasteiger partial charge in [-0.25, -0.2) is 9.97 Å². The first-order valence-electron chi connectivity index (χ1n) is 7.42. The third-order valence-electron chi connectivity index (χ3n) is 2.83. The fourth-order valence-corrected chi connectivity index (χ4v) is 1.83. The summed E-state index contributed by atoms with van der Waals surface area (Å²) < 4.78 is 5.63. The Labute approximate surface area is 117 Å². The zero-order valence-corrected chi connectivity index (χ0v) is 12.5. The minimum atomic E-state index is 0.509. The molecule has 0 unspecified atom stereocenters. The first-order valence-corrected chi connectivity index (χ1v) is 7.42. The average molecular weight is 265 g/mol. The highest BCUT2D eigenvalue weighted by atomic mass is 16.5. The maximum atomic E-state index is 5.63. The molecular weight excluding hydrogens is 238 g/mol. The average Bonchev–Trinajstić information content (AvgIpc) is 2.40. The monoisotopic (exact) mass is 265 g/mol. The minimum Gasteiger partial charge on any atom is -0.373 e. The Balaban J connectivity index is 2.34. The van der Waals surface area contributed by atoms with E-state index in [0.29, 0.717) is 6.61 Å². The molecule has 0 saturated heterocycles. The number of ether oxygens (including phenoxy) is 1. The van der Waals surface area contributed by atoms with Crippen molar-refractivity contribution in [2.24, 2.45) is 0 Å². The van der Waals surface area contributed by atoms with Crippen LogP contribution in [0.1, 0.15) is 57.5 Å². The van der Waals surface area contributed by atoms with Crippen LogP contribution in [0.5, 0.6) is 0 Å². The van der Waals surface area contributed by atoms with E-state index in [0.717, 1.165) is 43.3 Å². The van der Waals surface area contributed by atoms with Crippen molar-refractivity contribution in [3.8, 4) is 0 Å². The lowest BCUT2D eigenvalue weighted by Gasteiger charge is -2.08. The molecule has 0 saturated carbocycles. The second-order valence-electron chi connectivity index (χ2n) is 4.85. The molecule has 1 rings (SSSR count). The second-order valence-corrected chi connectivity index (χ2v) is 4.85. The van der Waals surface area contributed by atoms with Gasteiger partial charge in [-0.05, 0) is 19.8 Å². The van der Waals surface area contributed by atoms with Gasteiger partial charge in [0.15, 0.2) is 5.82 Å². The Morgan fingerprint density at radius 3 is 2.68 bits per heavy atom. The van der Waals surface area contributed by atoms with Crippen molar-refractivity contribution in [3.05, 3.63) is 17.6 Å². The third-order valence-corrected chi connectivity index (χ3v) is 2.83. The normalized spacial score (nSPS) is 10.7. The van der Waals surface area contributed by atoms with E-state index in [1.807, 2.05) is 13.0 Å². The van der Waals surface area contributed by atoms with E-state index in [9.17, 15) is 0 Å². The van der Waals surface area contributed by atoms with Gasteiger partial charge >= 0.3 is 0 Å². The van der Waals surface area contributed by atoms with Crippen LogP contribution in [0.3, 0.4) is 0 Å². The molecule has 1 heterocycles. The number of aryl methyl sites for hydroxylation is 1. The SMILES string of the molecule is CCCCCCOCc1nc(C)cc(NCCC)n1. The van der Waals surface area contributed by atoms with Gasteiger partial charge in [0.25, 0.3) is 0 Å². The predicted octanol–water partition coefficient (Wildman–Crippen LogP) is 3.70. The van der Waals surface area contributed by atoms with E-state index in [4.69, 9.17) is 4.74 Å². The summed E-state index contributed by atoms with van der Waals surface area (Å²) in [5, 5.41) is 3.29. The number of anilines is 1. The Bertz CT molecular complexity index is 355. The fourth-order valence-electron chi connectivity index (χ4n) is 1.83. The van der Waals surface area contributed by atoms with E-state index >= 15 is 0 Å². The summed E-state index contributed by atoms with van der Waals surface area (Å²) in [5.41, 5.74) is 0.984. The number of nitrogens with one attached hydrogen (secondary N) is 1. The zero-order chi connectivity index (χ0) is 13.9. The molecule has 108 valence electrons. The first-order chi connectivity index (χ1) is 9.26. The summed E-state index contributed by atoms with van der Waals surface area (Å²) >= 11 is 0. The number of aromatic nitrogens is 2. The van der Waals surface area contributed by atoms with E-state index in [1.165, 1.54) is 19.3 Å². The smallest absolute Gasteiger partial charge is 0.156 e. The summed E-state index contributed by atoms with van der Waals surface area (Å²) in [6.07, 6.45) is 6.00. The number of hydrogen-bond acceptors (Lipinski definition) is 4. The molecule has 4 nitrogen and oxygen atoms in total. The van der Waals surface area contributed by atoms with Crippen molar-refractivity contribution in [1.82, 2.24) is 9.97 Å². The number of nitrogens with zero attached hydrogens (tertiary/aromatic N) is 2. The van der Waals surface area contributed by atoms with Gasteiger partial charge in [-0.3, -0.25) is 0 Å². The van der Waals surface area contributed by atoms with Crippen molar-refractivity contribution in [3.63, 3.8) is 0 Å². The zero-order valence-electron chi connectivity index (χ0n) is 12.5. The van der Waals surface area contributed by atoms with Crippen LogP contribution < -0.4 is 5.32 Å². The van der Waals surface area contributed by atoms with Crippen molar-refractivity contribution < 1.29 is 4.74 Å². The highest BCUT2D eigenvalue weighted by Crippen LogP contribution is 2.07. The molecular formula is C15H27N3O. The van der Waals surface area contributed by atoms with Crippen LogP contribution in [0.25, 0.3) is 0 Å². The van der Waals surface area contributed by atoms with E-state index in [2.05, 4.69) is 29.1 Å². The molecule has 0 aromatic carbocycles. The Morgan fingerprint density at radius 1 is 1.11 bits per heavy atom. The second kappa shape index (κ2) is 9.73. The summed E-state index contributed by atoms with van der Waals surface area (Å²) in [6, 6.07) is 1.97. The summed E-state index contributed by atoms with van der Waals surface area (Å²) in [7, 11) is 0. The van der Waals surface area contributed by atoms with Gasteiger partial charge in [0.05, 0.1) is 0 Å². The Hall–Kier alpha value is -1.16. The van der Waals surface area contributed by atoms with E-state index < -0.39 is 0 Å². The molecule has 1 aromatic rings. The number of hydrogen-bond donors (Lipinski definition) is 1. The molecule has 19 heavy (non-hydrogen) atoms. The summed E-state index contributed by atoms with van der Waals surface area (Å²) in [6.45, 7) is 8.59. The first kappa shape index (κ1) is 15.9. The van der Waals surface area contributed by atoms with Gasteiger partial charge in [0, 0.05) is 24.9 Å². The third kappa shape index (κ3) is 7.11. The molecule has 0 aliphatic heterocycles. The standard InChI is InChI=1S/C15H27N3O/c1-4-6-7-8-10-19-12-15-17-13(3)11-14(18-15)16-9-5-2/h11H,4-10,12H2,1-3H3,(H,16,17,18). The lowest BCUT2D eigenvalue weighted by Crippen LogP contribution is -2.07. The largest absolute Gasteiger partial charge is 0.373 e. The highest BCUT2D eigenvalue weighted by Gasteiger charge is 2.02. The molecule has 0 radical (unpaired) electrons. The summed E-state index contributed by atoms with van der Waals surface area (Å²) in [5.74, 6) is 1.67. The van der Waals surface area contributed by atoms with Crippen LogP contribution in [0, 0.1) is 6.92 Å². The maximum Gasteiger partial charge on any atom is 0.156 e. The Morgan fingerprint density at radius 2 is 1.95 bits per heavy atom. The van der Waals surface area contributed by atoms with Gasteiger partial charge in [0.1, 0.15) is 12.4 Å². The summed E-state index contributed by atoms with van der Waals surface area (Å²) in [4.78, 5) is 8.86. The van der Waals surface area contributed by atoms with Gasteiger partial charge in [-0.15, -0.1) is 0 Å². The van der Waals surface area contributed by atoms with Crippen molar-refractivity contribution in [2.75, 3.05) is 18.5 Å². The van der Waals surface area contributed by atoms with Crippen LogP contribution in [0.4, 0.5) is 5.82 Å². The van der Waals surface area contributed by atoms with Crippen molar-refractivity contribution in [1.29, 1.82) is 0 Å². The molecule has 4 heteroatoms. The molecule has 1 aromatic heterocycles. The molecule has 0 aliphatic carbocycles. The van der Waals surface area contributed by atoms with E-state index in [1.54, 1.807) is 0 Å². The van der Waals surface area contributed by atoms with Gasteiger partial charge < -0.3 is 10.1 Å². The van der Waals surface area contributed by atoms with Gasteiger partial charge in [-0.1, -0.05) is 33.1 Å². The van der Waals surface area contributed by atoms with E-state index in [-0.39, 0.29) is 0 Å². The predicted molar refractivity (Wildman–Crippen MR) is 79.3 cm³/mol. The van der Waals surface area contributed by atoms with Crippen LogP contribution in [0.15, 0.2) is 6.07 Å². The van der Waals surface area contributed by atoms with Crippen LogP contribution >= 0.6 is 0 Å². The number of rotatable bonds is 10. The molecule has 1 N–H and O–H groups in total. The fraction of sp³-hybridized carbons (Fsp3) is 0.733. The molecule has 0 fully saturated rings. The Kier molecular flexibility index (Phi) is 8.14. The molecule has 0 atom stereocenters. The minimum absolute atomic E-state index is 0.509. The molecule has 0 amide bonds. The van der Waals surface area contributed by atoms with Crippen LogP contribution in [-0.4, -0.2) is 23.1 Å². The highest BCUT2D eigenvalue weighted by molar-refractivity contribution is 5.35. The molecule has 0 bridgehead atoms. The lowest BCUT2D eigenvalue weighted by atomic mass is 10.2. The van der Waals surface area contributed by atoms with Crippen molar-refractivity contribution >= 4 is 5.82 Å². The molecule has 0 aliphatic rings. The van der Waals surface area contributed by atoms with Gasteiger partial charge in [-0.2, -0.15) is 0 Å². The van der Waals surface area contributed by atoms with Crippen LogP contribution in [0.2, 0.25) is 0 Å². The quantitative estimate of drug-likeness (QED) is 0.655. The molecule has 0 spiro atoms. The van der Waals surface area contributed by atoms with Crippen molar-refractivity contribution in [2.45, 2.75) is 59.5 Å². The van der Waals surface area contributed by atoms with Crippen LogP contribution in [-0.2, 0) is 11.3 Å². The van der Waals surface area contributed by atoms with Gasteiger partial charge in [0.2, 0.25) is 0 Å². The number of unbranched alkanes of at least 4 members (excludes halogenated alkanes) is 3. The maximum absolute atomic E-state index is 5.63. The topological polar surface area (TPSA) is 47.0 Å². The lowest BCUT2D eigenvalue weighted by molar-refractivity contribution is 0.111.